The molecule has 120 valence electrons. The Morgan fingerprint density at radius 1 is 1.35 bits per heavy atom. The van der Waals surface area contributed by atoms with Gasteiger partial charge in [0.25, 0.3) is 5.69 Å². The fourth-order valence-electron chi connectivity index (χ4n) is 3.99. The van der Waals surface area contributed by atoms with Crippen LogP contribution in [-0.2, 0) is 0 Å². The number of nitrogens with zero attached hydrogens (tertiary/aromatic N) is 2. The Kier molecular flexibility index (Phi) is 3.66. The molecule has 3 fully saturated rings. The average molecular weight is 330 g/mol. The number of fused-ring (bicyclic) bond motifs is 4. The monoisotopic (exact) mass is 330 g/mol. The summed E-state index contributed by atoms with van der Waals surface area (Å²) in [7, 11) is 0. The minimum absolute atomic E-state index is 0.0920. The summed E-state index contributed by atoms with van der Waals surface area (Å²) < 4.78 is 0.606. The first kappa shape index (κ1) is 14.8. The Labute approximate surface area is 138 Å². The van der Waals surface area contributed by atoms with E-state index in [1.54, 1.807) is 6.07 Å². The number of Topliss-reactive ketones (excluding diaryl/α,β-unsaturated/α-hetero) is 1. The predicted octanol–water partition coefficient (Wildman–Crippen LogP) is 3.72. The highest BCUT2D eigenvalue weighted by atomic mass is 32.1. The number of carbonyl (C=O) groups excluding carboxylic acids is 1. The zero-order valence-electron chi connectivity index (χ0n) is 12.7. The molecule has 1 aromatic heterocycles. The van der Waals surface area contributed by atoms with Crippen LogP contribution in [0.1, 0.15) is 28.9 Å². The van der Waals surface area contributed by atoms with Gasteiger partial charge in [-0.25, -0.2) is 0 Å². The van der Waals surface area contributed by atoms with Crippen LogP contribution in [0.4, 0.5) is 5.69 Å². The highest BCUT2D eigenvalue weighted by molar-refractivity contribution is 7.21. The molecular formula is C17H18N2O3S. The van der Waals surface area contributed by atoms with Crippen molar-refractivity contribution in [1.82, 2.24) is 4.90 Å². The third kappa shape index (κ3) is 2.66. The molecule has 1 atom stereocenters. The molecule has 0 unspecified atom stereocenters. The van der Waals surface area contributed by atoms with Crippen molar-refractivity contribution in [3.63, 3.8) is 0 Å². The lowest BCUT2D eigenvalue weighted by atomic mass is 9.76. The maximum Gasteiger partial charge on any atom is 0.287 e. The maximum atomic E-state index is 12.7. The van der Waals surface area contributed by atoms with Crippen molar-refractivity contribution in [2.24, 2.45) is 11.8 Å². The number of piperidine rings is 3. The first-order chi connectivity index (χ1) is 11.1. The van der Waals surface area contributed by atoms with E-state index in [1.807, 2.05) is 12.1 Å². The number of non-ortho nitro benzene ring substituents is 1. The summed E-state index contributed by atoms with van der Waals surface area (Å²) in [4.78, 5) is 26.5. The van der Waals surface area contributed by atoms with E-state index in [-0.39, 0.29) is 16.4 Å². The first-order valence-corrected chi connectivity index (χ1v) is 8.86. The van der Waals surface area contributed by atoms with Crippen molar-refractivity contribution < 1.29 is 9.72 Å². The van der Waals surface area contributed by atoms with Gasteiger partial charge in [-0.1, -0.05) is 12.1 Å². The van der Waals surface area contributed by atoms with Gasteiger partial charge in [0.05, 0.1) is 9.80 Å². The molecule has 0 N–H and O–H groups in total. The van der Waals surface area contributed by atoms with Gasteiger partial charge in [-0.05, 0) is 43.8 Å². The molecule has 0 radical (unpaired) electrons. The summed E-state index contributed by atoms with van der Waals surface area (Å²) in [6.07, 6.45) is 2.98. The van der Waals surface area contributed by atoms with Gasteiger partial charge in [0.2, 0.25) is 0 Å². The third-order valence-corrected chi connectivity index (χ3v) is 6.45. The Bertz CT molecular complexity index is 777. The summed E-state index contributed by atoms with van der Waals surface area (Å²) in [5.41, 5.74) is 0.0920. The van der Waals surface area contributed by atoms with Gasteiger partial charge in [0.15, 0.2) is 5.78 Å². The van der Waals surface area contributed by atoms with E-state index in [4.69, 9.17) is 0 Å². The highest BCUT2D eigenvalue weighted by Gasteiger charge is 2.35. The van der Waals surface area contributed by atoms with E-state index < -0.39 is 0 Å². The molecule has 3 saturated heterocycles. The SMILES string of the molecule is O=C(C[C@H]1CN2CCC1CC2)c1cc2cccc([N+](=O)[O-])c2s1. The molecule has 1 aromatic carbocycles. The van der Waals surface area contributed by atoms with Gasteiger partial charge in [0, 0.05) is 24.4 Å². The van der Waals surface area contributed by atoms with Crippen LogP contribution >= 0.6 is 11.3 Å². The minimum Gasteiger partial charge on any atom is -0.303 e. The van der Waals surface area contributed by atoms with Gasteiger partial charge in [-0.2, -0.15) is 0 Å². The van der Waals surface area contributed by atoms with Crippen LogP contribution in [0.3, 0.4) is 0 Å². The van der Waals surface area contributed by atoms with Crippen molar-refractivity contribution in [2.75, 3.05) is 19.6 Å². The second kappa shape index (κ2) is 5.69. The lowest BCUT2D eigenvalue weighted by molar-refractivity contribution is -0.382. The molecule has 0 amide bonds. The minimum atomic E-state index is -0.375. The number of nitro groups is 1. The summed E-state index contributed by atoms with van der Waals surface area (Å²) in [5, 5.41) is 11.9. The number of hydrogen-bond donors (Lipinski definition) is 0. The van der Waals surface area contributed by atoms with Crippen molar-refractivity contribution in [1.29, 1.82) is 0 Å². The van der Waals surface area contributed by atoms with Crippen molar-refractivity contribution in [3.8, 4) is 0 Å². The van der Waals surface area contributed by atoms with Crippen LogP contribution in [0, 0.1) is 22.0 Å². The largest absolute Gasteiger partial charge is 0.303 e. The van der Waals surface area contributed by atoms with Crippen molar-refractivity contribution >= 4 is 32.9 Å². The number of rotatable bonds is 4. The fourth-order valence-corrected chi connectivity index (χ4v) is 5.08. The van der Waals surface area contributed by atoms with Crippen LogP contribution in [0.25, 0.3) is 10.1 Å². The summed E-state index contributed by atoms with van der Waals surface area (Å²) in [5.74, 6) is 1.26. The molecule has 3 aliphatic rings. The number of thiophene rings is 1. The number of carbonyl (C=O) groups is 1. The van der Waals surface area contributed by atoms with Crippen molar-refractivity contribution in [3.05, 3.63) is 39.3 Å². The van der Waals surface area contributed by atoms with E-state index in [2.05, 4.69) is 4.90 Å². The fraction of sp³-hybridized carbons (Fsp3) is 0.471. The van der Waals surface area contributed by atoms with Crippen LogP contribution in [0.2, 0.25) is 0 Å². The van der Waals surface area contributed by atoms with Gasteiger partial charge in [-0.15, -0.1) is 11.3 Å². The predicted molar refractivity (Wildman–Crippen MR) is 90.1 cm³/mol. The van der Waals surface area contributed by atoms with E-state index in [9.17, 15) is 14.9 Å². The molecule has 6 heteroatoms. The second-order valence-corrected chi connectivity index (χ2v) is 7.64. The summed E-state index contributed by atoms with van der Waals surface area (Å²) in [6, 6.07) is 6.83. The zero-order chi connectivity index (χ0) is 16.0. The maximum absolute atomic E-state index is 12.7. The average Bonchev–Trinajstić information content (AvgIpc) is 3.00. The number of hydrogen-bond acceptors (Lipinski definition) is 5. The number of nitro benzene ring substituents is 1. The Balaban J connectivity index is 1.58. The topological polar surface area (TPSA) is 63.5 Å². The molecule has 3 aliphatic heterocycles. The molecule has 23 heavy (non-hydrogen) atoms. The van der Waals surface area contributed by atoms with E-state index in [0.29, 0.717) is 27.8 Å². The normalized spacial score (nSPS) is 26.5. The molecule has 2 bridgehead atoms. The second-order valence-electron chi connectivity index (χ2n) is 6.59. The molecule has 0 saturated carbocycles. The smallest absolute Gasteiger partial charge is 0.287 e. The molecular weight excluding hydrogens is 312 g/mol. The Hall–Kier alpha value is -1.79. The molecule has 5 nitrogen and oxygen atoms in total. The van der Waals surface area contributed by atoms with Gasteiger partial charge >= 0.3 is 0 Å². The lowest BCUT2D eigenvalue weighted by Crippen LogP contribution is -2.47. The third-order valence-electron chi connectivity index (χ3n) is 5.23. The van der Waals surface area contributed by atoms with Gasteiger partial charge < -0.3 is 4.90 Å². The summed E-state index contributed by atoms with van der Waals surface area (Å²) >= 11 is 1.26. The van der Waals surface area contributed by atoms with Crippen LogP contribution < -0.4 is 0 Å². The van der Waals surface area contributed by atoms with Crippen LogP contribution in [-0.4, -0.2) is 35.2 Å². The first-order valence-electron chi connectivity index (χ1n) is 8.04. The molecule has 5 rings (SSSR count). The van der Waals surface area contributed by atoms with Crippen molar-refractivity contribution in [2.45, 2.75) is 19.3 Å². The number of ketones is 1. The zero-order valence-corrected chi connectivity index (χ0v) is 13.6. The molecule has 0 spiro atoms. The standard InChI is InChI=1S/C17H18N2O3S/c20-15(8-13-10-18-6-4-11(13)5-7-18)16-9-12-2-1-3-14(19(21)22)17(12)23-16/h1-3,9,11,13H,4-8,10H2/t13-/m0/s1. The van der Waals surface area contributed by atoms with E-state index in [1.165, 1.54) is 43.3 Å². The quantitative estimate of drug-likeness (QED) is 0.487. The Morgan fingerprint density at radius 3 is 2.78 bits per heavy atom. The van der Waals surface area contributed by atoms with E-state index in [0.717, 1.165) is 11.9 Å². The van der Waals surface area contributed by atoms with Crippen LogP contribution in [0.5, 0.6) is 0 Å². The Morgan fingerprint density at radius 2 is 2.13 bits per heavy atom. The van der Waals surface area contributed by atoms with Gasteiger partial charge in [0.1, 0.15) is 4.70 Å². The van der Waals surface area contributed by atoms with Gasteiger partial charge in [-0.3, -0.25) is 14.9 Å². The lowest BCUT2D eigenvalue weighted by Gasteiger charge is -2.44. The highest BCUT2D eigenvalue weighted by Crippen LogP contribution is 2.37. The molecule has 4 heterocycles. The van der Waals surface area contributed by atoms with Crippen LogP contribution in [0.15, 0.2) is 24.3 Å². The summed E-state index contributed by atoms with van der Waals surface area (Å²) in [6.45, 7) is 3.37. The molecule has 2 aromatic rings. The number of benzene rings is 1. The molecule has 0 aliphatic carbocycles. The van der Waals surface area contributed by atoms with E-state index >= 15 is 0 Å².